The van der Waals surface area contributed by atoms with Gasteiger partial charge in [-0.15, -0.1) is 0 Å². The highest BCUT2D eigenvalue weighted by Gasteiger charge is 2.00. The smallest absolute Gasteiger partial charge is 0.244 e. The molecule has 3 heteroatoms. The number of hydrazone groups is 1. The van der Waals surface area contributed by atoms with Crippen molar-refractivity contribution in [2.24, 2.45) is 5.10 Å². The summed E-state index contributed by atoms with van der Waals surface area (Å²) < 4.78 is 0. The number of rotatable bonds is 4. The lowest BCUT2D eigenvalue weighted by molar-refractivity contribution is -0.120. The van der Waals surface area contributed by atoms with Crippen LogP contribution in [0.1, 0.15) is 16.7 Å². The predicted molar refractivity (Wildman–Crippen MR) is 77.1 cm³/mol. The third-order valence-corrected chi connectivity index (χ3v) is 2.65. The Morgan fingerprint density at radius 3 is 2.68 bits per heavy atom. The van der Waals surface area contributed by atoms with Gasteiger partial charge in [-0.05, 0) is 18.1 Å². The average molecular weight is 252 g/mol. The van der Waals surface area contributed by atoms with Crippen LogP contribution in [0.2, 0.25) is 0 Å². The van der Waals surface area contributed by atoms with Crippen LogP contribution in [0.5, 0.6) is 0 Å². The molecule has 3 nitrogen and oxygen atoms in total. The van der Waals surface area contributed by atoms with Gasteiger partial charge in [-0.3, -0.25) is 4.79 Å². The number of hydrogen-bond donors (Lipinski definition) is 1. The molecule has 2 aromatic carbocycles. The van der Waals surface area contributed by atoms with E-state index in [0.717, 1.165) is 11.1 Å². The van der Waals surface area contributed by atoms with E-state index in [1.54, 1.807) is 6.21 Å². The average Bonchev–Trinajstić information content (AvgIpc) is 2.40. The second-order valence-corrected chi connectivity index (χ2v) is 4.37. The summed E-state index contributed by atoms with van der Waals surface area (Å²) in [5.41, 5.74) is 5.65. The van der Waals surface area contributed by atoms with Gasteiger partial charge in [0.15, 0.2) is 0 Å². The van der Waals surface area contributed by atoms with Crippen LogP contribution in [0.25, 0.3) is 0 Å². The van der Waals surface area contributed by atoms with Crippen LogP contribution in [0, 0.1) is 6.92 Å². The van der Waals surface area contributed by atoms with Crippen molar-refractivity contribution in [3.8, 4) is 0 Å². The molecule has 0 aromatic heterocycles. The van der Waals surface area contributed by atoms with Crippen LogP contribution in [0.15, 0.2) is 59.7 Å². The fourth-order valence-electron chi connectivity index (χ4n) is 1.75. The lowest BCUT2D eigenvalue weighted by Crippen LogP contribution is -2.19. The Hall–Kier alpha value is -2.42. The number of nitrogens with zero attached hydrogens (tertiary/aromatic N) is 1. The predicted octanol–water partition coefficient (Wildman–Crippen LogP) is 2.69. The third kappa shape index (κ3) is 4.39. The molecule has 0 aliphatic heterocycles. The standard InChI is InChI=1S/C16H16N2O/c1-13-6-5-9-15(10-13)12-17-18-16(19)11-14-7-3-2-4-8-14/h2-10,12H,11H2,1H3,(H,18,19)/b17-12-. The molecule has 0 saturated carbocycles. The minimum atomic E-state index is -0.116. The first-order valence-electron chi connectivity index (χ1n) is 6.16. The van der Waals surface area contributed by atoms with E-state index in [9.17, 15) is 4.79 Å². The van der Waals surface area contributed by atoms with Crippen LogP contribution in [0.4, 0.5) is 0 Å². The summed E-state index contributed by atoms with van der Waals surface area (Å²) in [6, 6.07) is 17.5. The molecule has 19 heavy (non-hydrogen) atoms. The molecular weight excluding hydrogens is 236 g/mol. The summed E-state index contributed by atoms with van der Waals surface area (Å²) in [6.45, 7) is 2.02. The van der Waals surface area contributed by atoms with Crippen LogP contribution in [-0.2, 0) is 11.2 Å². The summed E-state index contributed by atoms with van der Waals surface area (Å²) in [5.74, 6) is -0.116. The summed E-state index contributed by atoms with van der Waals surface area (Å²) in [7, 11) is 0. The lowest BCUT2D eigenvalue weighted by atomic mass is 10.1. The molecule has 1 N–H and O–H groups in total. The van der Waals surface area contributed by atoms with Crippen molar-refractivity contribution in [2.75, 3.05) is 0 Å². The van der Waals surface area contributed by atoms with Gasteiger partial charge in [0, 0.05) is 0 Å². The van der Waals surface area contributed by atoms with Gasteiger partial charge in [0.05, 0.1) is 12.6 Å². The molecule has 0 atom stereocenters. The summed E-state index contributed by atoms with van der Waals surface area (Å²) >= 11 is 0. The maximum Gasteiger partial charge on any atom is 0.244 e. The normalized spacial score (nSPS) is 10.6. The first-order valence-corrected chi connectivity index (χ1v) is 6.16. The number of aryl methyl sites for hydroxylation is 1. The van der Waals surface area contributed by atoms with E-state index >= 15 is 0 Å². The molecular formula is C16H16N2O. The zero-order chi connectivity index (χ0) is 13.5. The van der Waals surface area contributed by atoms with E-state index in [2.05, 4.69) is 10.5 Å². The fraction of sp³-hybridized carbons (Fsp3) is 0.125. The van der Waals surface area contributed by atoms with Crippen molar-refractivity contribution in [3.63, 3.8) is 0 Å². The van der Waals surface area contributed by atoms with E-state index in [1.165, 1.54) is 5.56 Å². The molecule has 0 fully saturated rings. The van der Waals surface area contributed by atoms with Gasteiger partial charge >= 0.3 is 0 Å². The number of amides is 1. The van der Waals surface area contributed by atoms with E-state index in [-0.39, 0.29) is 5.91 Å². The van der Waals surface area contributed by atoms with Crippen molar-refractivity contribution in [3.05, 3.63) is 71.3 Å². The van der Waals surface area contributed by atoms with Crippen molar-refractivity contribution >= 4 is 12.1 Å². The number of carbonyl (C=O) groups is 1. The number of hydrogen-bond acceptors (Lipinski definition) is 2. The highest BCUT2D eigenvalue weighted by Crippen LogP contribution is 2.01. The molecule has 1 amide bonds. The molecule has 2 rings (SSSR count). The van der Waals surface area contributed by atoms with Crippen molar-refractivity contribution in [1.82, 2.24) is 5.43 Å². The summed E-state index contributed by atoms with van der Waals surface area (Å²) in [6.07, 6.45) is 1.99. The zero-order valence-corrected chi connectivity index (χ0v) is 10.8. The molecule has 0 spiro atoms. The van der Waals surface area contributed by atoms with Gasteiger partial charge in [-0.1, -0.05) is 60.2 Å². The molecule has 96 valence electrons. The van der Waals surface area contributed by atoms with Gasteiger partial charge in [-0.2, -0.15) is 5.10 Å². The van der Waals surface area contributed by atoms with Crippen LogP contribution in [0.3, 0.4) is 0 Å². The molecule has 0 heterocycles. The third-order valence-electron chi connectivity index (χ3n) is 2.65. The second-order valence-electron chi connectivity index (χ2n) is 4.37. The van der Waals surface area contributed by atoms with Crippen LogP contribution >= 0.6 is 0 Å². The Labute approximate surface area is 113 Å². The first kappa shape index (κ1) is 13.0. The highest BCUT2D eigenvalue weighted by molar-refractivity contribution is 5.83. The fourth-order valence-corrected chi connectivity index (χ4v) is 1.75. The van der Waals surface area contributed by atoms with Gasteiger partial charge in [-0.25, -0.2) is 5.43 Å². The molecule has 0 aliphatic rings. The van der Waals surface area contributed by atoms with E-state index in [4.69, 9.17) is 0 Å². The van der Waals surface area contributed by atoms with Crippen LogP contribution < -0.4 is 5.43 Å². The van der Waals surface area contributed by atoms with Gasteiger partial charge < -0.3 is 0 Å². The maximum atomic E-state index is 11.6. The summed E-state index contributed by atoms with van der Waals surface area (Å²) in [5, 5.41) is 3.95. The van der Waals surface area contributed by atoms with Gasteiger partial charge in [0.2, 0.25) is 5.91 Å². The molecule has 0 unspecified atom stereocenters. The zero-order valence-electron chi connectivity index (χ0n) is 10.8. The van der Waals surface area contributed by atoms with Crippen molar-refractivity contribution in [1.29, 1.82) is 0 Å². The summed E-state index contributed by atoms with van der Waals surface area (Å²) in [4.78, 5) is 11.6. The number of benzene rings is 2. The number of nitrogens with one attached hydrogen (secondary N) is 1. The number of carbonyl (C=O) groups excluding carboxylic acids is 1. The SMILES string of the molecule is Cc1cccc(/C=N\NC(=O)Cc2ccccc2)c1. The highest BCUT2D eigenvalue weighted by atomic mass is 16.2. The Morgan fingerprint density at radius 1 is 1.16 bits per heavy atom. The van der Waals surface area contributed by atoms with Crippen molar-refractivity contribution in [2.45, 2.75) is 13.3 Å². The Bertz CT molecular complexity index is 576. The Balaban J connectivity index is 1.87. The van der Waals surface area contributed by atoms with Gasteiger partial charge in [0.25, 0.3) is 0 Å². The monoisotopic (exact) mass is 252 g/mol. The Morgan fingerprint density at radius 2 is 1.95 bits per heavy atom. The molecule has 0 radical (unpaired) electrons. The van der Waals surface area contributed by atoms with Gasteiger partial charge in [0.1, 0.15) is 0 Å². The first-order chi connectivity index (χ1) is 9.24. The maximum absolute atomic E-state index is 11.6. The largest absolute Gasteiger partial charge is 0.273 e. The molecule has 0 aliphatic carbocycles. The molecule has 0 saturated heterocycles. The minimum Gasteiger partial charge on any atom is -0.273 e. The quantitative estimate of drug-likeness (QED) is 0.659. The second kappa shape index (κ2) is 6.50. The molecule has 2 aromatic rings. The topological polar surface area (TPSA) is 41.5 Å². The molecule has 0 bridgehead atoms. The minimum absolute atomic E-state index is 0.116. The van der Waals surface area contributed by atoms with E-state index in [1.807, 2.05) is 61.5 Å². The van der Waals surface area contributed by atoms with Crippen LogP contribution in [-0.4, -0.2) is 12.1 Å². The van der Waals surface area contributed by atoms with E-state index < -0.39 is 0 Å². The Kier molecular flexibility index (Phi) is 4.45. The lowest BCUT2D eigenvalue weighted by Gasteiger charge is -2.00. The van der Waals surface area contributed by atoms with Crippen molar-refractivity contribution < 1.29 is 4.79 Å². The van der Waals surface area contributed by atoms with E-state index in [0.29, 0.717) is 6.42 Å².